The second-order valence-electron chi connectivity index (χ2n) is 5.29. The summed E-state index contributed by atoms with van der Waals surface area (Å²) in [7, 11) is 2.73. The van der Waals surface area contributed by atoms with Gasteiger partial charge < -0.3 is 9.72 Å². The molecule has 5 heteroatoms. The van der Waals surface area contributed by atoms with Gasteiger partial charge in [0.25, 0.3) is 0 Å². The molecule has 1 N–H and O–H groups in total. The van der Waals surface area contributed by atoms with E-state index in [2.05, 4.69) is 44.3 Å². The lowest BCUT2D eigenvalue weighted by Gasteiger charge is -2.09. The molecule has 0 spiro atoms. The van der Waals surface area contributed by atoms with Crippen molar-refractivity contribution >= 4 is 14.5 Å². The van der Waals surface area contributed by atoms with E-state index in [-0.39, 0.29) is 5.56 Å². The zero-order chi connectivity index (χ0) is 16.2. The lowest BCUT2D eigenvalue weighted by molar-refractivity contribution is 0.295. The zero-order valence-electron chi connectivity index (χ0n) is 12.7. The van der Waals surface area contributed by atoms with Gasteiger partial charge in [0.05, 0.1) is 5.69 Å². The molecule has 4 nitrogen and oxygen atoms in total. The molecule has 0 saturated carbocycles. The molecular formula is C18H17N2O2P. The summed E-state index contributed by atoms with van der Waals surface area (Å²) in [5.74, 6) is 0.535. The lowest BCUT2D eigenvalue weighted by atomic mass is 10.1. The van der Waals surface area contributed by atoms with Gasteiger partial charge in [0.2, 0.25) is 11.4 Å². The smallest absolute Gasteiger partial charge is 0.248 e. The highest BCUT2D eigenvalue weighted by Crippen LogP contribution is 2.18. The van der Waals surface area contributed by atoms with Crippen molar-refractivity contribution in [3.63, 3.8) is 0 Å². The van der Waals surface area contributed by atoms with Gasteiger partial charge in [-0.05, 0) is 29.9 Å². The molecule has 0 aliphatic rings. The van der Waals surface area contributed by atoms with Crippen molar-refractivity contribution in [2.24, 2.45) is 0 Å². The fourth-order valence-corrected chi connectivity index (χ4v) is 2.70. The van der Waals surface area contributed by atoms with Gasteiger partial charge in [-0.2, -0.15) is 0 Å². The van der Waals surface area contributed by atoms with Crippen LogP contribution in [0.3, 0.4) is 0 Å². The molecule has 1 aromatic carbocycles. The molecule has 2 heterocycles. The summed E-state index contributed by atoms with van der Waals surface area (Å²) >= 11 is 0. The Labute approximate surface area is 136 Å². The van der Waals surface area contributed by atoms with Gasteiger partial charge in [0.15, 0.2) is 0 Å². The summed E-state index contributed by atoms with van der Waals surface area (Å²) in [5, 5.41) is 1.12. The Morgan fingerprint density at radius 2 is 2.04 bits per heavy atom. The molecule has 0 fully saturated rings. The van der Waals surface area contributed by atoms with E-state index in [4.69, 9.17) is 4.74 Å². The van der Waals surface area contributed by atoms with Crippen molar-refractivity contribution in [3.05, 3.63) is 76.2 Å². The number of benzene rings is 1. The molecule has 0 bridgehead atoms. The van der Waals surface area contributed by atoms with Crippen LogP contribution in [-0.4, -0.2) is 9.97 Å². The molecule has 1 atom stereocenters. The first-order valence-corrected chi connectivity index (χ1v) is 7.83. The predicted molar refractivity (Wildman–Crippen MR) is 95.1 cm³/mol. The predicted octanol–water partition coefficient (Wildman–Crippen LogP) is 2.82. The van der Waals surface area contributed by atoms with E-state index in [9.17, 15) is 4.79 Å². The van der Waals surface area contributed by atoms with Gasteiger partial charge in [-0.3, -0.25) is 4.79 Å². The molecule has 0 radical (unpaired) electrons. The van der Waals surface area contributed by atoms with E-state index in [0.29, 0.717) is 18.2 Å². The zero-order valence-corrected chi connectivity index (χ0v) is 13.9. The van der Waals surface area contributed by atoms with Crippen LogP contribution < -0.4 is 15.6 Å². The summed E-state index contributed by atoms with van der Waals surface area (Å²) < 4.78 is 5.79. The highest BCUT2D eigenvalue weighted by Gasteiger charge is 2.04. The van der Waals surface area contributed by atoms with Crippen LogP contribution >= 0.6 is 9.24 Å². The minimum absolute atomic E-state index is 0.150. The maximum Gasteiger partial charge on any atom is 0.248 e. The minimum Gasteiger partial charge on any atom is -0.473 e. The summed E-state index contributed by atoms with van der Waals surface area (Å²) in [4.78, 5) is 18.5. The van der Waals surface area contributed by atoms with E-state index in [1.807, 2.05) is 24.3 Å². The van der Waals surface area contributed by atoms with Crippen LogP contribution in [-0.2, 0) is 6.61 Å². The van der Waals surface area contributed by atoms with Gasteiger partial charge in [-0.15, -0.1) is 9.24 Å². The third kappa shape index (κ3) is 3.85. The Kier molecular flexibility index (Phi) is 4.54. The van der Waals surface area contributed by atoms with Crippen LogP contribution in [0.5, 0.6) is 5.88 Å². The summed E-state index contributed by atoms with van der Waals surface area (Å²) in [6.07, 6.45) is 1.61. The number of aromatic nitrogens is 2. The standard InChI is InChI=1S/C18H17N2O2P/c1-12-5-6-14(16(23)9-12)11-22-18-4-2-3-15(20-18)13-7-8-19-17(21)10-13/h2-10H,11,23H2,1H3,(H,19,21). The average molecular weight is 324 g/mol. The number of hydrogen-bond acceptors (Lipinski definition) is 3. The number of H-pyrrole nitrogens is 1. The highest BCUT2D eigenvalue weighted by atomic mass is 31.0. The number of nitrogens with one attached hydrogen (secondary N) is 1. The summed E-state index contributed by atoms with van der Waals surface area (Å²) in [6, 6.07) is 15.1. The molecule has 116 valence electrons. The van der Waals surface area contributed by atoms with Gasteiger partial charge in [-0.25, -0.2) is 4.98 Å². The van der Waals surface area contributed by atoms with Crippen LogP contribution in [0.15, 0.2) is 59.5 Å². The average Bonchev–Trinajstić information content (AvgIpc) is 2.54. The third-order valence-electron chi connectivity index (χ3n) is 3.47. The fraction of sp³-hybridized carbons (Fsp3) is 0.111. The molecule has 0 aliphatic heterocycles. The Bertz CT molecular complexity index is 890. The van der Waals surface area contributed by atoms with Crippen molar-refractivity contribution in [3.8, 4) is 17.1 Å². The van der Waals surface area contributed by atoms with Crippen molar-refractivity contribution in [1.29, 1.82) is 0 Å². The van der Waals surface area contributed by atoms with Gasteiger partial charge in [-0.1, -0.05) is 29.8 Å². The lowest BCUT2D eigenvalue weighted by Crippen LogP contribution is -2.07. The molecule has 0 saturated heterocycles. The molecule has 1 unspecified atom stereocenters. The second-order valence-corrected chi connectivity index (χ2v) is 5.92. The number of nitrogens with zero attached hydrogens (tertiary/aromatic N) is 1. The minimum atomic E-state index is -0.150. The summed E-state index contributed by atoms with van der Waals surface area (Å²) in [5.41, 5.74) is 3.64. The Morgan fingerprint density at radius 1 is 1.17 bits per heavy atom. The second kappa shape index (κ2) is 6.76. The monoisotopic (exact) mass is 324 g/mol. The van der Waals surface area contributed by atoms with E-state index >= 15 is 0 Å². The summed E-state index contributed by atoms with van der Waals surface area (Å²) in [6.45, 7) is 2.51. The van der Waals surface area contributed by atoms with Crippen LogP contribution in [0.1, 0.15) is 11.1 Å². The fourth-order valence-electron chi connectivity index (χ4n) is 2.26. The van der Waals surface area contributed by atoms with Crippen LogP contribution in [0.25, 0.3) is 11.3 Å². The maximum atomic E-state index is 11.4. The van der Waals surface area contributed by atoms with Crippen LogP contribution in [0.2, 0.25) is 0 Å². The van der Waals surface area contributed by atoms with Crippen molar-refractivity contribution in [2.75, 3.05) is 0 Å². The van der Waals surface area contributed by atoms with E-state index in [0.717, 1.165) is 16.4 Å². The first kappa shape index (κ1) is 15.4. The number of hydrogen-bond donors (Lipinski definition) is 1. The van der Waals surface area contributed by atoms with Crippen LogP contribution in [0.4, 0.5) is 0 Å². The number of ether oxygens (including phenoxy) is 1. The molecule has 3 aromatic rings. The molecule has 23 heavy (non-hydrogen) atoms. The van der Waals surface area contributed by atoms with E-state index < -0.39 is 0 Å². The largest absolute Gasteiger partial charge is 0.473 e. The van der Waals surface area contributed by atoms with Gasteiger partial charge >= 0.3 is 0 Å². The third-order valence-corrected chi connectivity index (χ3v) is 4.01. The molecule has 0 amide bonds. The highest BCUT2D eigenvalue weighted by molar-refractivity contribution is 7.27. The topological polar surface area (TPSA) is 55.0 Å². The Balaban J connectivity index is 1.79. The normalized spacial score (nSPS) is 10.5. The Hall–Kier alpha value is -2.45. The quantitative estimate of drug-likeness (QED) is 0.751. The maximum absolute atomic E-state index is 11.4. The molecular weight excluding hydrogens is 307 g/mol. The first-order chi connectivity index (χ1) is 11.1. The Morgan fingerprint density at radius 3 is 2.83 bits per heavy atom. The van der Waals surface area contributed by atoms with Crippen molar-refractivity contribution < 1.29 is 4.74 Å². The first-order valence-electron chi connectivity index (χ1n) is 7.26. The van der Waals surface area contributed by atoms with Crippen molar-refractivity contribution in [1.82, 2.24) is 9.97 Å². The molecule has 0 aliphatic carbocycles. The van der Waals surface area contributed by atoms with Gasteiger partial charge in [0.1, 0.15) is 6.61 Å². The number of aryl methyl sites for hydroxylation is 1. The number of aromatic amines is 1. The van der Waals surface area contributed by atoms with Gasteiger partial charge in [0, 0.05) is 23.9 Å². The van der Waals surface area contributed by atoms with Crippen molar-refractivity contribution in [2.45, 2.75) is 13.5 Å². The number of rotatable bonds is 4. The van der Waals surface area contributed by atoms with E-state index in [1.54, 1.807) is 6.20 Å². The molecule has 3 rings (SSSR count). The van der Waals surface area contributed by atoms with E-state index in [1.165, 1.54) is 11.6 Å². The number of pyridine rings is 2. The van der Waals surface area contributed by atoms with Crippen LogP contribution in [0, 0.1) is 6.92 Å². The SMILES string of the molecule is Cc1ccc(COc2cccc(-c3cc[nH]c(=O)c3)n2)c(P)c1. The molecule has 2 aromatic heterocycles.